The topological polar surface area (TPSA) is 12.5 Å². The van der Waals surface area contributed by atoms with E-state index in [4.69, 9.17) is 4.74 Å². The van der Waals surface area contributed by atoms with Gasteiger partial charge in [0.2, 0.25) is 0 Å². The molecule has 2 bridgehead atoms. The molecule has 0 aromatic rings. The number of hydrogen-bond donors (Lipinski definition) is 0. The van der Waals surface area contributed by atoms with Gasteiger partial charge in [-0.1, -0.05) is 0 Å². The molecular weight excluding hydrogens is 114 g/mol. The highest BCUT2D eigenvalue weighted by Gasteiger charge is 2.33. The molecule has 2 aliphatic rings. The summed E-state index contributed by atoms with van der Waals surface area (Å²) in [6.07, 6.45) is 3.08. The Hall–Kier alpha value is -0.0800. The van der Waals surface area contributed by atoms with Gasteiger partial charge in [-0.05, 0) is 19.9 Å². The van der Waals surface area contributed by atoms with Crippen molar-refractivity contribution in [2.75, 3.05) is 20.2 Å². The first-order chi connectivity index (χ1) is 4.36. The normalized spacial score (nSPS) is 43.7. The monoisotopic (exact) mass is 127 g/mol. The smallest absolute Gasteiger partial charge is 0.0716 e. The lowest BCUT2D eigenvalue weighted by atomic mass is 10.1. The molecule has 0 radical (unpaired) electrons. The minimum Gasteiger partial charge on any atom is -0.377 e. The lowest BCUT2D eigenvalue weighted by molar-refractivity contribution is 0.0420. The van der Waals surface area contributed by atoms with Crippen molar-refractivity contribution in [3.05, 3.63) is 0 Å². The average Bonchev–Trinajstić information content (AvgIpc) is 2.09. The third-order valence-corrected chi connectivity index (χ3v) is 2.45. The Morgan fingerprint density at radius 1 is 1.56 bits per heavy atom. The van der Waals surface area contributed by atoms with Gasteiger partial charge >= 0.3 is 0 Å². The van der Waals surface area contributed by atoms with Gasteiger partial charge in [0, 0.05) is 19.2 Å². The SMILES string of the molecule is CN1CC2CC1CCO2. The maximum Gasteiger partial charge on any atom is 0.0716 e. The zero-order valence-electron chi connectivity index (χ0n) is 5.84. The van der Waals surface area contributed by atoms with Crippen LogP contribution in [0, 0.1) is 0 Å². The first-order valence-corrected chi connectivity index (χ1v) is 3.68. The van der Waals surface area contributed by atoms with Crippen molar-refractivity contribution >= 4 is 0 Å². The summed E-state index contributed by atoms with van der Waals surface area (Å²) in [5.41, 5.74) is 0. The van der Waals surface area contributed by atoms with Gasteiger partial charge in [-0.2, -0.15) is 0 Å². The van der Waals surface area contributed by atoms with Crippen LogP contribution < -0.4 is 0 Å². The van der Waals surface area contributed by atoms with Crippen LogP contribution in [-0.2, 0) is 4.74 Å². The molecular formula is C7H13NO. The molecule has 0 N–H and O–H groups in total. The first kappa shape index (κ1) is 5.69. The van der Waals surface area contributed by atoms with Crippen molar-refractivity contribution in [2.24, 2.45) is 0 Å². The van der Waals surface area contributed by atoms with Gasteiger partial charge in [0.1, 0.15) is 0 Å². The van der Waals surface area contributed by atoms with E-state index in [1.54, 1.807) is 0 Å². The van der Waals surface area contributed by atoms with Gasteiger partial charge in [0.05, 0.1) is 6.10 Å². The van der Waals surface area contributed by atoms with Crippen molar-refractivity contribution in [1.82, 2.24) is 4.90 Å². The Morgan fingerprint density at radius 3 is 3.11 bits per heavy atom. The molecule has 2 unspecified atom stereocenters. The van der Waals surface area contributed by atoms with Crippen LogP contribution in [0.4, 0.5) is 0 Å². The van der Waals surface area contributed by atoms with Gasteiger partial charge in [-0.3, -0.25) is 0 Å². The number of likely N-dealkylation sites (N-methyl/N-ethyl adjacent to an activating group) is 1. The summed E-state index contributed by atoms with van der Waals surface area (Å²) in [4.78, 5) is 2.41. The molecule has 0 aromatic heterocycles. The Kier molecular flexibility index (Phi) is 1.24. The molecule has 2 fully saturated rings. The van der Waals surface area contributed by atoms with Gasteiger partial charge in [0.15, 0.2) is 0 Å². The molecule has 2 saturated heterocycles. The summed E-state index contributed by atoms with van der Waals surface area (Å²) in [5.74, 6) is 0. The van der Waals surface area contributed by atoms with Crippen molar-refractivity contribution in [2.45, 2.75) is 25.0 Å². The zero-order chi connectivity index (χ0) is 6.27. The van der Waals surface area contributed by atoms with Crippen molar-refractivity contribution in [3.8, 4) is 0 Å². The maximum absolute atomic E-state index is 5.50. The van der Waals surface area contributed by atoms with Crippen LogP contribution in [-0.4, -0.2) is 37.2 Å². The summed E-state index contributed by atoms with van der Waals surface area (Å²) in [6, 6.07) is 0.837. The fraction of sp³-hybridized carbons (Fsp3) is 1.00. The van der Waals surface area contributed by atoms with Crippen LogP contribution >= 0.6 is 0 Å². The van der Waals surface area contributed by atoms with E-state index >= 15 is 0 Å². The van der Waals surface area contributed by atoms with E-state index in [1.807, 2.05) is 0 Å². The third-order valence-electron chi connectivity index (χ3n) is 2.45. The Balaban J connectivity index is 2.07. The molecule has 0 aliphatic carbocycles. The quantitative estimate of drug-likeness (QED) is 0.469. The summed E-state index contributed by atoms with van der Waals surface area (Å²) >= 11 is 0. The highest BCUT2D eigenvalue weighted by molar-refractivity contribution is 4.86. The van der Waals surface area contributed by atoms with Crippen LogP contribution in [0.1, 0.15) is 12.8 Å². The van der Waals surface area contributed by atoms with Crippen LogP contribution in [0.2, 0.25) is 0 Å². The molecule has 2 nitrogen and oxygen atoms in total. The molecule has 9 heavy (non-hydrogen) atoms. The molecule has 0 amide bonds. The number of ether oxygens (including phenoxy) is 1. The van der Waals surface area contributed by atoms with Gasteiger partial charge in [-0.25, -0.2) is 0 Å². The molecule has 2 aliphatic heterocycles. The van der Waals surface area contributed by atoms with E-state index in [1.165, 1.54) is 12.8 Å². The van der Waals surface area contributed by atoms with E-state index in [0.717, 1.165) is 19.2 Å². The molecule has 2 atom stereocenters. The van der Waals surface area contributed by atoms with Crippen molar-refractivity contribution in [1.29, 1.82) is 0 Å². The fourth-order valence-corrected chi connectivity index (χ4v) is 1.86. The van der Waals surface area contributed by atoms with Crippen molar-refractivity contribution in [3.63, 3.8) is 0 Å². The van der Waals surface area contributed by atoms with Gasteiger partial charge in [-0.15, -0.1) is 0 Å². The lowest BCUT2D eigenvalue weighted by Gasteiger charge is -2.20. The predicted molar refractivity (Wildman–Crippen MR) is 35.4 cm³/mol. The van der Waals surface area contributed by atoms with E-state index in [0.29, 0.717) is 6.10 Å². The minimum absolute atomic E-state index is 0.564. The molecule has 52 valence electrons. The fourth-order valence-electron chi connectivity index (χ4n) is 1.86. The largest absolute Gasteiger partial charge is 0.377 e. The van der Waals surface area contributed by atoms with E-state index in [2.05, 4.69) is 11.9 Å². The summed E-state index contributed by atoms with van der Waals surface area (Å²) < 4.78 is 5.50. The zero-order valence-corrected chi connectivity index (χ0v) is 5.84. The number of rotatable bonds is 0. The standard InChI is InChI=1S/C7H13NO/c1-8-5-7-4-6(8)2-3-9-7/h6-7H,2-5H2,1H3. The number of nitrogens with zero attached hydrogens (tertiary/aromatic N) is 1. The second-order valence-corrected chi connectivity index (χ2v) is 3.11. The highest BCUT2D eigenvalue weighted by atomic mass is 16.5. The first-order valence-electron chi connectivity index (χ1n) is 3.68. The minimum atomic E-state index is 0.564. The second-order valence-electron chi connectivity index (χ2n) is 3.11. The van der Waals surface area contributed by atoms with Crippen LogP contribution in [0.5, 0.6) is 0 Å². The number of fused-ring (bicyclic) bond motifs is 2. The lowest BCUT2D eigenvalue weighted by Crippen LogP contribution is -2.25. The maximum atomic E-state index is 5.50. The Labute approximate surface area is 55.8 Å². The molecule has 2 heterocycles. The summed E-state index contributed by atoms with van der Waals surface area (Å²) in [6.45, 7) is 2.14. The Morgan fingerprint density at radius 2 is 2.44 bits per heavy atom. The second kappa shape index (κ2) is 1.96. The average molecular weight is 127 g/mol. The van der Waals surface area contributed by atoms with Crippen LogP contribution in [0.3, 0.4) is 0 Å². The summed E-state index contributed by atoms with van der Waals surface area (Å²) in [7, 11) is 2.19. The third kappa shape index (κ3) is 0.864. The molecule has 0 spiro atoms. The number of likely N-dealkylation sites (tertiary alicyclic amines) is 1. The van der Waals surface area contributed by atoms with Crippen LogP contribution in [0.25, 0.3) is 0 Å². The molecule has 0 saturated carbocycles. The van der Waals surface area contributed by atoms with E-state index < -0.39 is 0 Å². The Bertz CT molecular complexity index is 113. The van der Waals surface area contributed by atoms with E-state index in [-0.39, 0.29) is 0 Å². The van der Waals surface area contributed by atoms with Crippen molar-refractivity contribution < 1.29 is 4.74 Å². The number of hydrogen-bond acceptors (Lipinski definition) is 2. The van der Waals surface area contributed by atoms with E-state index in [9.17, 15) is 0 Å². The van der Waals surface area contributed by atoms with Gasteiger partial charge < -0.3 is 9.64 Å². The molecule has 2 rings (SSSR count). The van der Waals surface area contributed by atoms with Gasteiger partial charge in [0.25, 0.3) is 0 Å². The molecule has 0 aromatic carbocycles. The van der Waals surface area contributed by atoms with Crippen LogP contribution in [0.15, 0.2) is 0 Å². The highest BCUT2D eigenvalue weighted by Crippen LogP contribution is 2.25. The predicted octanol–water partition coefficient (Wildman–Crippen LogP) is 0.479. The summed E-state index contributed by atoms with van der Waals surface area (Å²) in [5, 5.41) is 0. The molecule has 2 heteroatoms.